The molecule has 0 saturated carbocycles. The highest BCUT2D eigenvalue weighted by atomic mass is 35.5. The number of thiophene rings is 1. The summed E-state index contributed by atoms with van der Waals surface area (Å²) in [4.78, 5) is 15.7. The van der Waals surface area contributed by atoms with Gasteiger partial charge < -0.3 is 5.32 Å². The van der Waals surface area contributed by atoms with E-state index in [2.05, 4.69) is 28.5 Å². The fourth-order valence-corrected chi connectivity index (χ4v) is 4.09. The lowest BCUT2D eigenvalue weighted by molar-refractivity contribution is 0.262. The van der Waals surface area contributed by atoms with Crippen LogP contribution in [0.25, 0.3) is 0 Å². The largest absolute Gasteiger partial charge is 0.324 e. The molecule has 124 valence electrons. The average Bonchev–Trinajstić information content (AvgIpc) is 2.92. The van der Waals surface area contributed by atoms with Gasteiger partial charge in [0.15, 0.2) is 0 Å². The number of rotatable bonds is 3. The van der Waals surface area contributed by atoms with Crippen LogP contribution >= 0.6 is 22.9 Å². The van der Waals surface area contributed by atoms with Crippen LogP contribution in [-0.2, 0) is 13.0 Å². The first-order chi connectivity index (χ1) is 11.6. The van der Waals surface area contributed by atoms with Gasteiger partial charge in [-0.3, -0.25) is 10.2 Å². The zero-order valence-corrected chi connectivity index (χ0v) is 14.8. The van der Waals surface area contributed by atoms with Crippen molar-refractivity contribution in [2.75, 3.05) is 23.7 Å². The number of likely N-dealkylation sites (N-methyl/N-ethyl adjacent to an activating group) is 1. The molecule has 2 N–H and O–H groups in total. The lowest BCUT2D eigenvalue weighted by atomic mass is 10.0. The molecule has 5 nitrogen and oxygen atoms in total. The third-order valence-corrected chi connectivity index (χ3v) is 5.41. The van der Waals surface area contributed by atoms with E-state index in [4.69, 9.17) is 11.6 Å². The molecule has 1 aliphatic heterocycles. The van der Waals surface area contributed by atoms with Crippen LogP contribution in [-0.4, -0.2) is 24.0 Å². The maximum Gasteiger partial charge on any atom is 0.324 e. The summed E-state index contributed by atoms with van der Waals surface area (Å²) in [6.07, 6.45) is 0.850. The summed E-state index contributed by atoms with van der Waals surface area (Å²) < 4.78 is 0. The first-order valence-electron chi connectivity index (χ1n) is 7.71. The highest BCUT2D eigenvalue weighted by Crippen LogP contribution is 2.36. The second-order valence-corrected chi connectivity index (χ2v) is 7.07. The summed E-state index contributed by atoms with van der Waals surface area (Å²) in [5, 5.41) is 16.3. The van der Waals surface area contributed by atoms with Gasteiger partial charge in [-0.05, 0) is 42.8 Å². The molecule has 3 rings (SSSR count). The van der Waals surface area contributed by atoms with E-state index in [0.717, 1.165) is 31.6 Å². The monoisotopic (exact) mass is 360 g/mol. The Morgan fingerprint density at radius 2 is 2.12 bits per heavy atom. The fourth-order valence-electron chi connectivity index (χ4n) is 2.73. The van der Waals surface area contributed by atoms with E-state index in [1.807, 2.05) is 0 Å². The summed E-state index contributed by atoms with van der Waals surface area (Å²) in [5.74, 6) is 0. The van der Waals surface area contributed by atoms with E-state index in [9.17, 15) is 10.1 Å². The van der Waals surface area contributed by atoms with E-state index in [1.165, 1.54) is 16.2 Å². The van der Waals surface area contributed by atoms with Gasteiger partial charge >= 0.3 is 6.03 Å². The topological polar surface area (TPSA) is 68.2 Å². The second-order valence-electron chi connectivity index (χ2n) is 5.52. The maximum absolute atomic E-state index is 12.2. The Balaban J connectivity index is 1.75. The number of hydrogen-bond donors (Lipinski definition) is 2. The normalized spacial score (nSPS) is 13.9. The lowest BCUT2D eigenvalue weighted by Crippen LogP contribution is -2.29. The molecule has 0 spiro atoms. The zero-order valence-electron chi connectivity index (χ0n) is 13.2. The Hall–Kier alpha value is -2.07. The molecule has 0 fully saturated rings. The summed E-state index contributed by atoms with van der Waals surface area (Å²) in [5.41, 5.74) is 2.32. The molecule has 0 bridgehead atoms. The first-order valence-corrected chi connectivity index (χ1v) is 8.90. The molecule has 2 amide bonds. The van der Waals surface area contributed by atoms with Gasteiger partial charge in [0, 0.05) is 28.7 Å². The van der Waals surface area contributed by atoms with E-state index in [1.54, 1.807) is 24.3 Å². The molecule has 0 atom stereocenters. The quantitative estimate of drug-likeness (QED) is 0.857. The van der Waals surface area contributed by atoms with Crippen LogP contribution in [0, 0.1) is 11.3 Å². The Morgan fingerprint density at radius 3 is 2.79 bits per heavy atom. The Bertz CT molecular complexity index is 794. The maximum atomic E-state index is 12.2. The van der Waals surface area contributed by atoms with Crippen molar-refractivity contribution in [3.63, 3.8) is 0 Å². The number of fused-ring (bicyclic) bond motifs is 1. The van der Waals surface area contributed by atoms with Gasteiger partial charge in [-0.25, -0.2) is 4.79 Å². The number of nitrogens with one attached hydrogen (secondary N) is 2. The van der Waals surface area contributed by atoms with Crippen molar-refractivity contribution in [1.82, 2.24) is 4.90 Å². The first kappa shape index (κ1) is 16.8. The molecule has 7 heteroatoms. The summed E-state index contributed by atoms with van der Waals surface area (Å²) in [6.45, 7) is 4.90. The third kappa shape index (κ3) is 3.54. The van der Waals surface area contributed by atoms with Crippen LogP contribution in [0.1, 0.15) is 22.9 Å². The van der Waals surface area contributed by atoms with E-state index in [0.29, 0.717) is 21.3 Å². The van der Waals surface area contributed by atoms with E-state index < -0.39 is 0 Å². The molecule has 0 radical (unpaired) electrons. The van der Waals surface area contributed by atoms with Crippen molar-refractivity contribution < 1.29 is 4.79 Å². The Labute approximate surface area is 149 Å². The van der Waals surface area contributed by atoms with E-state index in [-0.39, 0.29) is 6.03 Å². The molecule has 1 aromatic carbocycles. The minimum absolute atomic E-state index is 0.361. The number of hydrogen-bond acceptors (Lipinski definition) is 4. The highest BCUT2D eigenvalue weighted by Gasteiger charge is 2.24. The highest BCUT2D eigenvalue weighted by molar-refractivity contribution is 7.16. The van der Waals surface area contributed by atoms with Crippen LogP contribution in [0.2, 0.25) is 5.02 Å². The molecular weight excluding hydrogens is 344 g/mol. The number of benzene rings is 1. The number of nitriles is 1. The Morgan fingerprint density at radius 1 is 1.38 bits per heavy atom. The number of carbonyl (C=O) groups is 1. The number of carbonyl (C=O) groups excluding carboxylic acids is 1. The molecule has 24 heavy (non-hydrogen) atoms. The predicted molar refractivity (Wildman–Crippen MR) is 97.8 cm³/mol. The second kappa shape index (κ2) is 7.22. The SMILES string of the molecule is CCN1CCc2c(sc(NC(=O)Nc3ccc(Cl)cc3)c2C#N)C1. The van der Waals surface area contributed by atoms with Crippen LogP contribution in [0.5, 0.6) is 0 Å². The number of amides is 2. The molecular formula is C17H17ClN4OS. The number of halogens is 1. The number of urea groups is 1. The van der Waals surface area contributed by atoms with Crippen molar-refractivity contribution in [2.24, 2.45) is 0 Å². The van der Waals surface area contributed by atoms with Gasteiger partial charge in [0.1, 0.15) is 11.1 Å². The van der Waals surface area contributed by atoms with Crippen LogP contribution < -0.4 is 10.6 Å². The van der Waals surface area contributed by atoms with Crippen LogP contribution in [0.3, 0.4) is 0 Å². The molecule has 0 unspecified atom stereocenters. The van der Waals surface area contributed by atoms with Crippen molar-refractivity contribution in [2.45, 2.75) is 19.9 Å². The van der Waals surface area contributed by atoms with Gasteiger partial charge in [0.25, 0.3) is 0 Å². The van der Waals surface area contributed by atoms with Crippen molar-refractivity contribution in [3.05, 3.63) is 45.3 Å². The van der Waals surface area contributed by atoms with Crippen molar-refractivity contribution in [1.29, 1.82) is 5.26 Å². The molecule has 1 aliphatic rings. The summed E-state index contributed by atoms with van der Waals surface area (Å²) >= 11 is 7.32. The van der Waals surface area contributed by atoms with Crippen molar-refractivity contribution >= 4 is 39.7 Å². The van der Waals surface area contributed by atoms with Gasteiger partial charge in [0.05, 0.1) is 5.56 Å². The van der Waals surface area contributed by atoms with Gasteiger partial charge in [-0.1, -0.05) is 18.5 Å². The number of nitrogens with zero attached hydrogens (tertiary/aromatic N) is 2. The van der Waals surface area contributed by atoms with E-state index >= 15 is 0 Å². The molecule has 2 heterocycles. The smallest absolute Gasteiger partial charge is 0.308 e. The Kier molecular flexibility index (Phi) is 5.05. The predicted octanol–water partition coefficient (Wildman–Crippen LogP) is 4.30. The minimum atomic E-state index is -0.361. The van der Waals surface area contributed by atoms with Crippen molar-refractivity contribution in [3.8, 4) is 6.07 Å². The fraction of sp³-hybridized carbons (Fsp3) is 0.294. The molecule has 0 saturated heterocycles. The molecule has 1 aromatic heterocycles. The van der Waals surface area contributed by atoms with Crippen LogP contribution in [0.4, 0.5) is 15.5 Å². The molecule has 2 aromatic rings. The van der Waals surface area contributed by atoms with Gasteiger partial charge in [0.2, 0.25) is 0 Å². The van der Waals surface area contributed by atoms with Crippen LogP contribution in [0.15, 0.2) is 24.3 Å². The third-order valence-electron chi connectivity index (χ3n) is 4.02. The lowest BCUT2D eigenvalue weighted by Gasteiger charge is -2.24. The number of anilines is 2. The minimum Gasteiger partial charge on any atom is -0.308 e. The standard InChI is InChI=1S/C17H17ClN4OS/c1-2-22-8-7-13-14(9-19)16(24-15(13)10-22)21-17(23)20-12-5-3-11(18)4-6-12/h3-6H,2,7-8,10H2,1H3,(H2,20,21,23). The van der Waals surface area contributed by atoms with Gasteiger partial charge in [-0.2, -0.15) is 5.26 Å². The molecule has 0 aliphatic carbocycles. The average molecular weight is 361 g/mol. The zero-order chi connectivity index (χ0) is 17.1. The van der Waals surface area contributed by atoms with Gasteiger partial charge in [-0.15, -0.1) is 11.3 Å². The summed E-state index contributed by atoms with van der Waals surface area (Å²) in [7, 11) is 0. The summed E-state index contributed by atoms with van der Waals surface area (Å²) in [6, 6.07) is 8.76.